The molecule has 0 aliphatic carbocycles. The summed E-state index contributed by atoms with van der Waals surface area (Å²) in [5, 5.41) is 2.98. The monoisotopic (exact) mass is 288 g/mol. The van der Waals surface area contributed by atoms with E-state index in [1.54, 1.807) is 0 Å². The second-order valence-corrected chi connectivity index (χ2v) is 6.05. The smallest absolute Gasteiger partial charge is 0.242 e. The van der Waals surface area contributed by atoms with Crippen molar-refractivity contribution in [2.24, 2.45) is 5.92 Å². The fourth-order valence-corrected chi connectivity index (χ4v) is 2.62. The second-order valence-electron chi connectivity index (χ2n) is 6.05. The lowest BCUT2D eigenvalue weighted by molar-refractivity contribution is -0.122. The first-order valence-corrected chi connectivity index (χ1v) is 7.67. The van der Waals surface area contributed by atoms with Crippen molar-refractivity contribution in [1.29, 1.82) is 0 Å². The van der Waals surface area contributed by atoms with E-state index < -0.39 is 0 Å². The number of anilines is 1. The summed E-state index contributed by atoms with van der Waals surface area (Å²) < 4.78 is 0. The molecule has 1 atom stereocenters. The van der Waals surface area contributed by atoms with E-state index in [2.05, 4.69) is 24.1 Å². The van der Waals surface area contributed by atoms with E-state index in [1.165, 1.54) is 0 Å². The number of para-hydroxylation sites is 1. The lowest BCUT2D eigenvalue weighted by Gasteiger charge is -2.30. The maximum Gasteiger partial charge on any atom is 0.242 e. The summed E-state index contributed by atoms with van der Waals surface area (Å²) in [6.07, 6.45) is 1.34. The van der Waals surface area contributed by atoms with E-state index in [1.807, 2.05) is 31.2 Å². The molecule has 1 heterocycles. The molecule has 4 nitrogen and oxygen atoms in total. The Hall–Kier alpha value is -1.84. The topological polar surface area (TPSA) is 49.4 Å². The molecule has 1 N–H and O–H groups in total. The molecule has 0 aromatic heterocycles. The van der Waals surface area contributed by atoms with Gasteiger partial charge in [0, 0.05) is 30.8 Å². The van der Waals surface area contributed by atoms with Crippen LogP contribution in [0.3, 0.4) is 0 Å². The zero-order chi connectivity index (χ0) is 15.4. The summed E-state index contributed by atoms with van der Waals surface area (Å²) >= 11 is 0. The van der Waals surface area contributed by atoms with Gasteiger partial charge in [0.15, 0.2) is 5.78 Å². The number of rotatable bonds is 4. The summed E-state index contributed by atoms with van der Waals surface area (Å²) in [5.74, 6) is 0.620. The Morgan fingerprint density at radius 1 is 1.29 bits per heavy atom. The van der Waals surface area contributed by atoms with E-state index in [0.29, 0.717) is 18.9 Å². The van der Waals surface area contributed by atoms with Crippen LogP contribution < -0.4 is 10.2 Å². The van der Waals surface area contributed by atoms with Gasteiger partial charge in [-0.1, -0.05) is 26.0 Å². The Balaban J connectivity index is 2.20. The van der Waals surface area contributed by atoms with Crippen molar-refractivity contribution < 1.29 is 9.59 Å². The van der Waals surface area contributed by atoms with Crippen molar-refractivity contribution >= 4 is 17.4 Å². The highest BCUT2D eigenvalue weighted by Crippen LogP contribution is 2.27. The third-order valence-electron chi connectivity index (χ3n) is 3.85. The zero-order valence-corrected chi connectivity index (χ0v) is 13.1. The summed E-state index contributed by atoms with van der Waals surface area (Å²) in [6, 6.07) is 7.32. The molecule has 0 radical (unpaired) electrons. The molecular weight excluding hydrogens is 264 g/mol. The Kier molecular flexibility index (Phi) is 4.99. The summed E-state index contributed by atoms with van der Waals surface area (Å²) in [7, 11) is 0. The van der Waals surface area contributed by atoms with Crippen molar-refractivity contribution in [2.75, 3.05) is 18.0 Å². The highest BCUT2D eigenvalue weighted by molar-refractivity contribution is 6.02. The molecule has 0 spiro atoms. The van der Waals surface area contributed by atoms with Gasteiger partial charge >= 0.3 is 0 Å². The maximum atomic E-state index is 12.3. The van der Waals surface area contributed by atoms with Gasteiger partial charge in [0.1, 0.15) is 6.04 Å². The van der Waals surface area contributed by atoms with Crippen LogP contribution in [0.4, 0.5) is 5.69 Å². The van der Waals surface area contributed by atoms with Gasteiger partial charge in [-0.25, -0.2) is 0 Å². The number of Topliss-reactive ketones (excluding diaryl/α,β-unsaturated/α-hetero) is 1. The van der Waals surface area contributed by atoms with Crippen LogP contribution >= 0.6 is 0 Å². The normalized spacial score (nSPS) is 16.4. The molecule has 1 aromatic rings. The standard InChI is InChI=1S/C17H24N2O2/c1-12(2)11-18-17(21)13(3)19-10-6-9-16(20)14-7-4-5-8-15(14)19/h4-5,7-8,12-13H,6,9-11H2,1-3H3,(H,18,21). The van der Waals surface area contributed by atoms with Crippen LogP contribution in [0.15, 0.2) is 24.3 Å². The molecular formula is C17H24N2O2. The Morgan fingerprint density at radius 3 is 2.71 bits per heavy atom. The van der Waals surface area contributed by atoms with Crippen molar-refractivity contribution in [2.45, 2.75) is 39.7 Å². The zero-order valence-electron chi connectivity index (χ0n) is 13.1. The molecule has 1 aliphatic rings. The number of ketones is 1. The molecule has 1 amide bonds. The number of hydrogen-bond donors (Lipinski definition) is 1. The molecule has 2 rings (SSSR count). The van der Waals surface area contributed by atoms with Crippen LogP contribution in [-0.2, 0) is 4.79 Å². The van der Waals surface area contributed by atoms with Gasteiger partial charge in [0.05, 0.1) is 0 Å². The molecule has 0 saturated heterocycles. The van der Waals surface area contributed by atoms with E-state index >= 15 is 0 Å². The van der Waals surface area contributed by atoms with Crippen LogP contribution in [0, 0.1) is 5.92 Å². The van der Waals surface area contributed by atoms with Gasteiger partial charge in [0.25, 0.3) is 0 Å². The highest BCUT2D eigenvalue weighted by atomic mass is 16.2. The number of carbonyl (C=O) groups excluding carboxylic acids is 2. The molecule has 114 valence electrons. The number of carbonyl (C=O) groups is 2. The van der Waals surface area contributed by atoms with Crippen LogP contribution in [0.2, 0.25) is 0 Å². The fraction of sp³-hybridized carbons (Fsp3) is 0.529. The minimum absolute atomic E-state index is 0.0212. The van der Waals surface area contributed by atoms with E-state index in [9.17, 15) is 9.59 Å². The number of benzene rings is 1. The Labute approximate surface area is 126 Å². The average molecular weight is 288 g/mol. The predicted molar refractivity (Wildman–Crippen MR) is 84.7 cm³/mol. The molecule has 21 heavy (non-hydrogen) atoms. The number of fused-ring (bicyclic) bond motifs is 1. The Bertz CT molecular complexity index is 525. The minimum atomic E-state index is -0.268. The number of nitrogens with one attached hydrogen (secondary N) is 1. The molecule has 1 unspecified atom stereocenters. The van der Waals surface area contributed by atoms with Crippen LogP contribution in [-0.4, -0.2) is 30.8 Å². The van der Waals surface area contributed by atoms with Crippen molar-refractivity contribution in [3.63, 3.8) is 0 Å². The molecule has 4 heteroatoms. The van der Waals surface area contributed by atoms with Crippen molar-refractivity contribution in [3.8, 4) is 0 Å². The first-order chi connectivity index (χ1) is 10.0. The summed E-state index contributed by atoms with van der Waals surface area (Å²) in [4.78, 5) is 26.5. The molecule has 0 bridgehead atoms. The predicted octanol–water partition coefficient (Wildman–Crippen LogP) is 2.63. The number of amides is 1. The fourth-order valence-electron chi connectivity index (χ4n) is 2.62. The van der Waals surface area contributed by atoms with E-state index in [0.717, 1.165) is 24.2 Å². The third-order valence-corrected chi connectivity index (χ3v) is 3.85. The highest BCUT2D eigenvalue weighted by Gasteiger charge is 2.27. The summed E-state index contributed by atoms with van der Waals surface area (Å²) in [5.41, 5.74) is 1.62. The Morgan fingerprint density at radius 2 is 2.00 bits per heavy atom. The molecule has 0 saturated carbocycles. The first-order valence-electron chi connectivity index (χ1n) is 7.67. The van der Waals surface area contributed by atoms with Crippen LogP contribution in [0.5, 0.6) is 0 Å². The van der Waals surface area contributed by atoms with Gasteiger partial charge in [-0.3, -0.25) is 9.59 Å². The summed E-state index contributed by atoms with van der Waals surface area (Å²) in [6.45, 7) is 7.47. The lowest BCUT2D eigenvalue weighted by atomic mass is 10.1. The second kappa shape index (κ2) is 6.74. The van der Waals surface area contributed by atoms with Crippen LogP contribution in [0.25, 0.3) is 0 Å². The quantitative estimate of drug-likeness (QED) is 0.926. The van der Waals surface area contributed by atoms with Crippen LogP contribution in [0.1, 0.15) is 44.0 Å². The van der Waals surface area contributed by atoms with Gasteiger partial charge in [0.2, 0.25) is 5.91 Å². The van der Waals surface area contributed by atoms with Crippen molar-refractivity contribution in [1.82, 2.24) is 5.32 Å². The molecule has 0 fully saturated rings. The molecule has 1 aromatic carbocycles. The largest absolute Gasteiger partial charge is 0.359 e. The van der Waals surface area contributed by atoms with Crippen molar-refractivity contribution in [3.05, 3.63) is 29.8 Å². The maximum absolute atomic E-state index is 12.3. The molecule has 1 aliphatic heterocycles. The van der Waals surface area contributed by atoms with Gasteiger partial charge in [-0.05, 0) is 31.4 Å². The van der Waals surface area contributed by atoms with E-state index in [4.69, 9.17) is 0 Å². The first kappa shape index (κ1) is 15.5. The number of nitrogens with zero attached hydrogens (tertiary/aromatic N) is 1. The van der Waals surface area contributed by atoms with Gasteiger partial charge in [-0.15, -0.1) is 0 Å². The number of hydrogen-bond acceptors (Lipinski definition) is 3. The lowest BCUT2D eigenvalue weighted by Crippen LogP contribution is -2.46. The van der Waals surface area contributed by atoms with Gasteiger partial charge in [-0.2, -0.15) is 0 Å². The average Bonchev–Trinajstić information content (AvgIpc) is 2.64. The third kappa shape index (κ3) is 3.63. The van der Waals surface area contributed by atoms with E-state index in [-0.39, 0.29) is 17.7 Å². The minimum Gasteiger partial charge on any atom is -0.359 e. The SMILES string of the molecule is CC(C)CNC(=O)C(C)N1CCCC(=O)c2ccccc21. The van der Waals surface area contributed by atoms with Gasteiger partial charge < -0.3 is 10.2 Å².